The zero-order valence-corrected chi connectivity index (χ0v) is 13.0. The molecule has 1 fully saturated rings. The number of carbonyl (C=O) groups excluding carboxylic acids is 2. The van der Waals surface area contributed by atoms with Gasteiger partial charge in [-0.2, -0.15) is 11.8 Å². The summed E-state index contributed by atoms with van der Waals surface area (Å²) in [6.07, 6.45) is 2.28. The molecule has 1 saturated heterocycles. The van der Waals surface area contributed by atoms with Crippen LogP contribution in [0.5, 0.6) is 0 Å². The molecule has 0 atom stereocenters. The molecule has 0 spiro atoms. The van der Waals surface area contributed by atoms with E-state index >= 15 is 0 Å². The molecule has 1 heterocycles. The normalized spacial score (nSPS) is 15.3. The van der Waals surface area contributed by atoms with Crippen molar-refractivity contribution in [2.45, 2.75) is 25.3 Å². The topological polar surface area (TPSA) is 70.2 Å². The van der Waals surface area contributed by atoms with Gasteiger partial charge in [-0.05, 0) is 36.0 Å². The van der Waals surface area contributed by atoms with Gasteiger partial charge in [0.25, 0.3) is 0 Å². The van der Waals surface area contributed by atoms with Crippen LogP contribution in [0.1, 0.15) is 18.4 Å². The Morgan fingerprint density at radius 1 is 1.24 bits per heavy atom. The zero-order chi connectivity index (χ0) is 15.1. The highest BCUT2D eigenvalue weighted by atomic mass is 32.2. The van der Waals surface area contributed by atoms with Crippen LogP contribution in [0.4, 0.5) is 10.5 Å². The number of rotatable bonds is 4. The summed E-state index contributed by atoms with van der Waals surface area (Å²) >= 11 is 1.93. The molecular weight excluding hydrogens is 286 g/mol. The summed E-state index contributed by atoms with van der Waals surface area (Å²) in [6, 6.07) is 7.42. The number of urea groups is 1. The third-order valence-corrected chi connectivity index (χ3v) is 4.50. The lowest BCUT2D eigenvalue weighted by Crippen LogP contribution is -2.40. The molecular formula is C15H21N3O2S. The fraction of sp³-hybridized carbons (Fsp3) is 0.467. The van der Waals surface area contributed by atoms with Crippen molar-refractivity contribution in [3.05, 3.63) is 29.8 Å². The van der Waals surface area contributed by atoms with E-state index in [1.807, 2.05) is 36.0 Å². The van der Waals surface area contributed by atoms with Gasteiger partial charge in [-0.25, -0.2) is 4.79 Å². The Morgan fingerprint density at radius 3 is 2.67 bits per heavy atom. The van der Waals surface area contributed by atoms with Crippen LogP contribution in [-0.4, -0.2) is 36.5 Å². The predicted molar refractivity (Wildman–Crippen MR) is 86.7 cm³/mol. The summed E-state index contributed by atoms with van der Waals surface area (Å²) in [7, 11) is 1.60. The molecule has 0 aromatic heterocycles. The van der Waals surface area contributed by atoms with E-state index in [9.17, 15) is 9.59 Å². The van der Waals surface area contributed by atoms with Gasteiger partial charge in [0.15, 0.2) is 0 Å². The van der Waals surface area contributed by atoms with Crippen LogP contribution < -0.4 is 16.0 Å². The first-order chi connectivity index (χ1) is 10.2. The maximum Gasteiger partial charge on any atom is 0.319 e. The molecule has 2 rings (SSSR count). The van der Waals surface area contributed by atoms with Gasteiger partial charge in [0.1, 0.15) is 0 Å². The molecule has 3 N–H and O–H groups in total. The van der Waals surface area contributed by atoms with Crippen molar-refractivity contribution >= 4 is 29.4 Å². The van der Waals surface area contributed by atoms with Gasteiger partial charge >= 0.3 is 6.03 Å². The van der Waals surface area contributed by atoms with Crippen LogP contribution in [0.25, 0.3) is 0 Å². The van der Waals surface area contributed by atoms with Crippen molar-refractivity contribution < 1.29 is 9.59 Å². The molecule has 1 aliphatic heterocycles. The molecule has 1 aromatic rings. The molecule has 1 aliphatic rings. The van der Waals surface area contributed by atoms with E-state index in [1.165, 1.54) is 0 Å². The SMILES string of the molecule is CNC(=O)Cc1ccccc1NC(=O)NC1CCSCC1. The fourth-order valence-electron chi connectivity index (χ4n) is 2.24. The Labute approximate surface area is 129 Å². The second-order valence-corrected chi connectivity index (χ2v) is 6.22. The summed E-state index contributed by atoms with van der Waals surface area (Å²) in [5.41, 5.74) is 1.50. The third kappa shape index (κ3) is 4.97. The lowest BCUT2D eigenvalue weighted by atomic mass is 10.1. The minimum absolute atomic E-state index is 0.0750. The summed E-state index contributed by atoms with van der Waals surface area (Å²) in [5, 5.41) is 8.44. The molecule has 3 amide bonds. The first-order valence-corrected chi connectivity index (χ1v) is 8.28. The molecule has 0 bridgehead atoms. The van der Waals surface area contributed by atoms with E-state index in [0.717, 1.165) is 29.9 Å². The van der Waals surface area contributed by atoms with E-state index in [0.29, 0.717) is 5.69 Å². The minimum atomic E-state index is -0.198. The number of thioether (sulfide) groups is 1. The molecule has 5 nitrogen and oxygen atoms in total. The second kappa shape index (κ2) is 7.93. The number of amides is 3. The number of nitrogens with one attached hydrogen (secondary N) is 3. The number of carbonyl (C=O) groups is 2. The van der Waals surface area contributed by atoms with E-state index < -0.39 is 0 Å². The predicted octanol–water partition coefficient (Wildman–Crippen LogP) is 1.99. The Morgan fingerprint density at radius 2 is 1.95 bits per heavy atom. The van der Waals surface area contributed by atoms with Crippen molar-refractivity contribution in [3.63, 3.8) is 0 Å². The number of anilines is 1. The van der Waals surface area contributed by atoms with Gasteiger partial charge in [-0.3, -0.25) is 4.79 Å². The maximum absolute atomic E-state index is 12.1. The lowest BCUT2D eigenvalue weighted by molar-refractivity contribution is -0.119. The summed E-state index contributed by atoms with van der Waals surface area (Å²) < 4.78 is 0. The van der Waals surface area contributed by atoms with Gasteiger partial charge < -0.3 is 16.0 Å². The summed E-state index contributed by atoms with van der Waals surface area (Å²) in [5.74, 6) is 2.12. The van der Waals surface area contributed by atoms with Gasteiger partial charge in [0, 0.05) is 18.8 Å². The van der Waals surface area contributed by atoms with Crippen LogP contribution in [0.15, 0.2) is 24.3 Å². The quantitative estimate of drug-likeness (QED) is 0.797. The molecule has 0 aliphatic carbocycles. The Hall–Kier alpha value is -1.69. The Balaban J connectivity index is 1.94. The number of benzene rings is 1. The molecule has 0 radical (unpaired) electrons. The fourth-order valence-corrected chi connectivity index (χ4v) is 3.35. The van der Waals surface area contributed by atoms with E-state index in [2.05, 4.69) is 16.0 Å². The van der Waals surface area contributed by atoms with Crippen LogP contribution >= 0.6 is 11.8 Å². The highest BCUT2D eigenvalue weighted by Gasteiger charge is 2.16. The standard InChI is InChI=1S/C15H21N3O2S/c1-16-14(19)10-11-4-2-3-5-13(11)18-15(20)17-12-6-8-21-9-7-12/h2-5,12H,6-10H2,1H3,(H,16,19)(H2,17,18,20). The summed E-state index contributed by atoms with van der Waals surface area (Å²) in [4.78, 5) is 23.6. The number of likely N-dealkylation sites (N-methyl/N-ethyl adjacent to an activating group) is 1. The van der Waals surface area contributed by atoms with Crippen molar-refractivity contribution in [3.8, 4) is 0 Å². The lowest BCUT2D eigenvalue weighted by Gasteiger charge is -2.23. The molecule has 0 saturated carbocycles. The maximum atomic E-state index is 12.1. The summed E-state index contributed by atoms with van der Waals surface area (Å²) in [6.45, 7) is 0. The van der Waals surface area contributed by atoms with Crippen LogP contribution in [0.2, 0.25) is 0 Å². The molecule has 21 heavy (non-hydrogen) atoms. The van der Waals surface area contributed by atoms with Crippen molar-refractivity contribution in [2.24, 2.45) is 0 Å². The average Bonchev–Trinajstić information content (AvgIpc) is 2.50. The first kappa shape index (κ1) is 15.7. The van der Waals surface area contributed by atoms with Gasteiger partial charge in [0.05, 0.1) is 6.42 Å². The second-order valence-electron chi connectivity index (χ2n) is 4.99. The minimum Gasteiger partial charge on any atom is -0.359 e. The van der Waals surface area contributed by atoms with Crippen molar-refractivity contribution in [2.75, 3.05) is 23.9 Å². The van der Waals surface area contributed by atoms with E-state index in [1.54, 1.807) is 7.05 Å². The van der Waals surface area contributed by atoms with Crippen LogP contribution in [0.3, 0.4) is 0 Å². The van der Waals surface area contributed by atoms with E-state index in [-0.39, 0.29) is 24.4 Å². The highest BCUT2D eigenvalue weighted by molar-refractivity contribution is 7.99. The van der Waals surface area contributed by atoms with Crippen LogP contribution in [-0.2, 0) is 11.2 Å². The van der Waals surface area contributed by atoms with Gasteiger partial charge in [0.2, 0.25) is 5.91 Å². The molecule has 1 aromatic carbocycles. The van der Waals surface area contributed by atoms with Crippen LogP contribution in [0, 0.1) is 0 Å². The average molecular weight is 307 g/mol. The molecule has 114 valence electrons. The van der Waals surface area contributed by atoms with Gasteiger partial charge in [-0.1, -0.05) is 18.2 Å². The smallest absolute Gasteiger partial charge is 0.319 e. The molecule has 0 unspecified atom stereocenters. The van der Waals surface area contributed by atoms with Crippen molar-refractivity contribution in [1.29, 1.82) is 0 Å². The molecule has 6 heteroatoms. The highest BCUT2D eigenvalue weighted by Crippen LogP contribution is 2.18. The number of hydrogen-bond acceptors (Lipinski definition) is 3. The van der Waals surface area contributed by atoms with E-state index in [4.69, 9.17) is 0 Å². The third-order valence-electron chi connectivity index (χ3n) is 3.45. The Kier molecular flexibility index (Phi) is 5.92. The first-order valence-electron chi connectivity index (χ1n) is 7.13. The largest absolute Gasteiger partial charge is 0.359 e. The zero-order valence-electron chi connectivity index (χ0n) is 12.1. The monoisotopic (exact) mass is 307 g/mol. The number of para-hydroxylation sites is 1. The number of hydrogen-bond donors (Lipinski definition) is 3. The Bertz CT molecular complexity index is 501. The van der Waals surface area contributed by atoms with Gasteiger partial charge in [-0.15, -0.1) is 0 Å². The van der Waals surface area contributed by atoms with Crippen molar-refractivity contribution in [1.82, 2.24) is 10.6 Å².